The molecule has 1 aliphatic rings. The number of carbonyl (C=O) groups is 3. The summed E-state index contributed by atoms with van der Waals surface area (Å²) in [5.41, 5.74) is 0. The molecule has 0 N–H and O–H groups in total. The smallest absolute Gasteiger partial charge is 0.273 e. The standard InChI is InChI=1S/C11H18N2O3.Na/c1-5-6-7(2)8-9(14)12(3)11(16)13(4)10(8)15;/h7-8H,5-6H2,1-4H3;/q;+1. The second kappa shape index (κ2) is 6.52. The zero-order chi connectivity index (χ0) is 12.5. The number of hydrogen-bond donors (Lipinski definition) is 0. The van der Waals surface area contributed by atoms with Crippen LogP contribution >= 0.6 is 0 Å². The molecule has 6 heteroatoms. The summed E-state index contributed by atoms with van der Waals surface area (Å²) in [7, 11) is 2.83. The third-order valence-corrected chi connectivity index (χ3v) is 3.08. The Hall–Kier alpha value is -0.390. The van der Waals surface area contributed by atoms with E-state index in [1.54, 1.807) is 0 Å². The quantitative estimate of drug-likeness (QED) is 0.433. The van der Waals surface area contributed by atoms with Crippen molar-refractivity contribution in [2.45, 2.75) is 26.7 Å². The zero-order valence-electron chi connectivity index (χ0n) is 11.2. The van der Waals surface area contributed by atoms with E-state index < -0.39 is 11.9 Å². The van der Waals surface area contributed by atoms with E-state index in [0.717, 1.165) is 22.6 Å². The van der Waals surface area contributed by atoms with Gasteiger partial charge in [0.15, 0.2) is 0 Å². The minimum Gasteiger partial charge on any atom is -0.273 e. The Labute approximate surface area is 124 Å². The Morgan fingerprint density at radius 2 is 1.53 bits per heavy atom. The van der Waals surface area contributed by atoms with Gasteiger partial charge in [-0.25, -0.2) is 4.79 Å². The average molecular weight is 249 g/mol. The third kappa shape index (κ3) is 3.09. The second-order valence-electron chi connectivity index (χ2n) is 4.32. The number of hydrogen-bond acceptors (Lipinski definition) is 3. The van der Waals surface area contributed by atoms with Crippen molar-refractivity contribution in [1.29, 1.82) is 0 Å². The number of nitrogens with zero attached hydrogens (tertiary/aromatic N) is 2. The maximum atomic E-state index is 11.9. The first kappa shape index (κ1) is 16.6. The Bertz CT molecular complexity index is 309. The van der Waals surface area contributed by atoms with Crippen LogP contribution in [0.25, 0.3) is 0 Å². The van der Waals surface area contributed by atoms with Gasteiger partial charge in [0.25, 0.3) is 0 Å². The van der Waals surface area contributed by atoms with Crippen molar-refractivity contribution in [3.05, 3.63) is 0 Å². The van der Waals surface area contributed by atoms with Gasteiger partial charge in [-0.1, -0.05) is 20.3 Å². The summed E-state index contributed by atoms with van der Waals surface area (Å²) in [5.74, 6) is -1.49. The van der Waals surface area contributed by atoms with Gasteiger partial charge in [-0.05, 0) is 12.3 Å². The minimum atomic E-state index is -0.701. The van der Waals surface area contributed by atoms with Crippen LogP contribution < -0.4 is 29.6 Å². The Balaban J connectivity index is 0.00000256. The fourth-order valence-electron chi connectivity index (χ4n) is 2.05. The monoisotopic (exact) mass is 249 g/mol. The molecule has 1 aliphatic heterocycles. The molecule has 1 unspecified atom stereocenters. The molecule has 1 heterocycles. The molecular formula is C11H18N2NaO3+. The summed E-state index contributed by atoms with van der Waals surface area (Å²) in [4.78, 5) is 37.3. The van der Waals surface area contributed by atoms with Crippen LogP contribution in [0, 0.1) is 11.8 Å². The predicted molar refractivity (Wildman–Crippen MR) is 58.5 cm³/mol. The Morgan fingerprint density at radius 1 is 1.12 bits per heavy atom. The van der Waals surface area contributed by atoms with Crippen LogP contribution in [-0.4, -0.2) is 41.7 Å². The van der Waals surface area contributed by atoms with Crippen LogP contribution in [0.2, 0.25) is 0 Å². The average Bonchev–Trinajstić information content (AvgIpc) is 2.24. The summed E-state index contributed by atoms with van der Waals surface area (Å²) in [6, 6.07) is -0.546. The molecule has 5 nitrogen and oxygen atoms in total. The van der Waals surface area contributed by atoms with Gasteiger partial charge in [-0.2, -0.15) is 0 Å². The second-order valence-corrected chi connectivity index (χ2v) is 4.32. The number of carbonyl (C=O) groups excluding carboxylic acids is 3. The number of urea groups is 1. The number of rotatable bonds is 3. The first-order valence-corrected chi connectivity index (χ1v) is 5.50. The Kier molecular flexibility index (Phi) is 6.37. The van der Waals surface area contributed by atoms with Crippen molar-refractivity contribution >= 4 is 17.8 Å². The molecule has 0 aromatic heterocycles. The van der Waals surface area contributed by atoms with Gasteiger partial charge in [0.2, 0.25) is 11.8 Å². The first-order chi connectivity index (χ1) is 7.41. The van der Waals surface area contributed by atoms with Gasteiger partial charge in [-0.3, -0.25) is 19.4 Å². The molecule has 90 valence electrons. The summed E-state index contributed by atoms with van der Waals surface area (Å²) in [6.07, 6.45) is 1.72. The summed E-state index contributed by atoms with van der Waals surface area (Å²) >= 11 is 0. The van der Waals surface area contributed by atoms with Crippen LogP contribution in [0.1, 0.15) is 26.7 Å². The molecule has 1 atom stereocenters. The van der Waals surface area contributed by atoms with Gasteiger partial charge in [-0.15, -0.1) is 0 Å². The van der Waals surface area contributed by atoms with Crippen molar-refractivity contribution in [2.24, 2.45) is 11.8 Å². The fraction of sp³-hybridized carbons (Fsp3) is 0.727. The molecule has 4 amide bonds. The largest absolute Gasteiger partial charge is 1.00 e. The molecular weight excluding hydrogens is 231 g/mol. The van der Waals surface area contributed by atoms with E-state index in [4.69, 9.17) is 0 Å². The van der Waals surface area contributed by atoms with E-state index in [-0.39, 0.29) is 47.3 Å². The number of amides is 4. The molecule has 1 rings (SSSR count). The predicted octanol–water partition coefficient (Wildman–Crippen LogP) is -1.91. The Morgan fingerprint density at radius 3 is 1.88 bits per heavy atom. The molecule has 0 radical (unpaired) electrons. The van der Waals surface area contributed by atoms with Crippen molar-refractivity contribution in [2.75, 3.05) is 14.1 Å². The van der Waals surface area contributed by atoms with E-state index in [1.165, 1.54) is 14.1 Å². The molecule has 0 spiro atoms. The molecule has 1 fully saturated rings. The van der Waals surface area contributed by atoms with Crippen molar-refractivity contribution in [3.63, 3.8) is 0 Å². The zero-order valence-corrected chi connectivity index (χ0v) is 13.2. The first-order valence-electron chi connectivity index (χ1n) is 5.50. The summed E-state index contributed by atoms with van der Waals surface area (Å²) in [6.45, 7) is 3.88. The molecule has 0 aromatic carbocycles. The summed E-state index contributed by atoms with van der Waals surface area (Å²) in [5, 5.41) is 0. The van der Waals surface area contributed by atoms with Crippen LogP contribution in [-0.2, 0) is 9.59 Å². The molecule has 0 bridgehead atoms. The third-order valence-electron chi connectivity index (χ3n) is 3.08. The van der Waals surface area contributed by atoms with E-state index in [2.05, 4.69) is 0 Å². The fourth-order valence-corrected chi connectivity index (χ4v) is 2.05. The number of barbiturate groups is 1. The van der Waals surface area contributed by atoms with Crippen molar-refractivity contribution in [1.82, 2.24) is 9.80 Å². The maximum absolute atomic E-state index is 11.9. The SMILES string of the molecule is CCCC(C)C1C(=O)N(C)C(=O)N(C)C1=O.[Na+]. The van der Waals surface area contributed by atoms with Crippen LogP contribution in [0.5, 0.6) is 0 Å². The normalized spacial score (nSPS) is 19.4. The molecule has 17 heavy (non-hydrogen) atoms. The van der Waals surface area contributed by atoms with Crippen molar-refractivity contribution in [3.8, 4) is 0 Å². The van der Waals surface area contributed by atoms with Gasteiger partial charge >= 0.3 is 35.6 Å². The van der Waals surface area contributed by atoms with E-state index >= 15 is 0 Å². The maximum Gasteiger partial charge on any atom is 1.00 e. The van der Waals surface area contributed by atoms with Gasteiger partial charge in [0.1, 0.15) is 5.92 Å². The van der Waals surface area contributed by atoms with Gasteiger partial charge < -0.3 is 0 Å². The van der Waals surface area contributed by atoms with E-state index in [1.807, 2.05) is 13.8 Å². The van der Waals surface area contributed by atoms with Crippen molar-refractivity contribution < 1.29 is 43.9 Å². The topological polar surface area (TPSA) is 57.7 Å². The molecule has 0 aromatic rings. The van der Waals surface area contributed by atoms with Crippen LogP contribution in [0.3, 0.4) is 0 Å². The van der Waals surface area contributed by atoms with E-state index in [0.29, 0.717) is 0 Å². The van der Waals surface area contributed by atoms with Gasteiger partial charge in [0.05, 0.1) is 0 Å². The summed E-state index contributed by atoms with van der Waals surface area (Å²) < 4.78 is 0. The number of imide groups is 2. The van der Waals surface area contributed by atoms with Gasteiger partial charge in [0, 0.05) is 14.1 Å². The van der Waals surface area contributed by atoms with Crippen LogP contribution in [0.4, 0.5) is 4.79 Å². The minimum absolute atomic E-state index is 0. The van der Waals surface area contributed by atoms with Crippen LogP contribution in [0.15, 0.2) is 0 Å². The molecule has 0 aliphatic carbocycles. The molecule has 0 saturated carbocycles. The molecule has 1 saturated heterocycles. The van der Waals surface area contributed by atoms with E-state index in [9.17, 15) is 14.4 Å².